The van der Waals surface area contributed by atoms with Crippen LogP contribution in [0, 0.1) is 29.1 Å². The second-order valence-electron chi connectivity index (χ2n) is 4.78. The second kappa shape index (κ2) is 5.48. The van der Waals surface area contributed by atoms with Crippen LogP contribution >= 0.6 is 0 Å². The summed E-state index contributed by atoms with van der Waals surface area (Å²) in [5.41, 5.74) is 0. The molecule has 84 valence electrons. The minimum Gasteiger partial charge on any atom is -0.381 e. The first kappa shape index (κ1) is 10.9. The maximum Gasteiger partial charge on any atom is 0.0659 e. The highest BCUT2D eigenvalue weighted by Crippen LogP contribution is 2.29. The van der Waals surface area contributed by atoms with E-state index in [0.29, 0.717) is 5.92 Å². The number of ether oxygens (including phenoxy) is 1. The van der Waals surface area contributed by atoms with Gasteiger partial charge in [0.2, 0.25) is 0 Å². The Morgan fingerprint density at radius 1 is 1.27 bits per heavy atom. The largest absolute Gasteiger partial charge is 0.381 e. The topological polar surface area (TPSA) is 45.0 Å². The van der Waals surface area contributed by atoms with Gasteiger partial charge in [-0.1, -0.05) is 0 Å². The SMILES string of the molecule is N#CC1CCNCC1CC1CCOCC1. The van der Waals surface area contributed by atoms with Crippen LogP contribution in [0.5, 0.6) is 0 Å². The number of hydrogen-bond donors (Lipinski definition) is 1. The lowest BCUT2D eigenvalue weighted by Gasteiger charge is -2.32. The maximum absolute atomic E-state index is 9.09. The molecule has 0 bridgehead atoms. The molecule has 0 aromatic carbocycles. The van der Waals surface area contributed by atoms with Crippen LogP contribution in [0.15, 0.2) is 0 Å². The summed E-state index contributed by atoms with van der Waals surface area (Å²) in [4.78, 5) is 0. The summed E-state index contributed by atoms with van der Waals surface area (Å²) < 4.78 is 5.36. The first-order valence-electron chi connectivity index (χ1n) is 6.08. The third-order valence-electron chi connectivity index (χ3n) is 3.75. The molecule has 15 heavy (non-hydrogen) atoms. The molecule has 2 unspecified atom stereocenters. The van der Waals surface area contributed by atoms with Crippen molar-refractivity contribution in [2.75, 3.05) is 26.3 Å². The van der Waals surface area contributed by atoms with Gasteiger partial charge in [-0.25, -0.2) is 0 Å². The molecule has 2 fully saturated rings. The highest BCUT2D eigenvalue weighted by molar-refractivity contribution is 4.93. The Labute approximate surface area is 91.8 Å². The van der Waals surface area contributed by atoms with Crippen molar-refractivity contribution in [3.8, 4) is 6.07 Å². The predicted molar refractivity (Wildman–Crippen MR) is 58.2 cm³/mol. The van der Waals surface area contributed by atoms with E-state index in [1.165, 1.54) is 19.3 Å². The molecule has 1 N–H and O–H groups in total. The lowest BCUT2D eigenvalue weighted by molar-refractivity contribution is 0.0546. The van der Waals surface area contributed by atoms with Gasteiger partial charge < -0.3 is 10.1 Å². The van der Waals surface area contributed by atoms with E-state index in [9.17, 15) is 0 Å². The molecule has 2 aliphatic rings. The monoisotopic (exact) mass is 208 g/mol. The number of nitriles is 1. The number of piperidine rings is 1. The van der Waals surface area contributed by atoms with Crippen molar-refractivity contribution in [1.82, 2.24) is 5.32 Å². The van der Waals surface area contributed by atoms with Gasteiger partial charge in [0.05, 0.1) is 12.0 Å². The minimum atomic E-state index is 0.286. The average molecular weight is 208 g/mol. The van der Waals surface area contributed by atoms with Crippen LogP contribution in [0.25, 0.3) is 0 Å². The van der Waals surface area contributed by atoms with E-state index in [2.05, 4.69) is 11.4 Å². The third-order valence-corrected chi connectivity index (χ3v) is 3.75. The lowest BCUT2D eigenvalue weighted by Crippen LogP contribution is -2.37. The fraction of sp³-hybridized carbons (Fsp3) is 0.917. The summed E-state index contributed by atoms with van der Waals surface area (Å²) in [5, 5.41) is 12.5. The molecule has 2 saturated heterocycles. The summed E-state index contributed by atoms with van der Waals surface area (Å²) in [6.07, 6.45) is 4.63. The van der Waals surface area contributed by atoms with Gasteiger partial charge in [0, 0.05) is 13.2 Å². The van der Waals surface area contributed by atoms with Crippen LogP contribution in [0.3, 0.4) is 0 Å². The van der Waals surface area contributed by atoms with Gasteiger partial charge in [0.25, 0.3) is 0 Å². The summed E-state index contributed by atoms with van der Waals surface area (Å²) in [6.45, 7) is 3.89. The summed E-state index contributed by atoms with van der Waals surface area (Å²) in [5.74, 6) is 1.65. The van der Waals surface area contributed by atoms with Gasteiger partial charge >= 0.3 is 0 Å². The fourth-order valence-corrected chi connectivity index (χ4v) is 2.75. The lowest BCUT2D eigenvalue weighted by atomic mass is 9.79. The molecular weight excluding hydrogens is 188 g/mol. The standard InChI is InChI=1S/C12H20N2O/c13-8-11-1-4-14-9-12(11)7-10-2-5-15-6-3-10/h10-12,14H,1-7,9H2. The van der Waals surface area contributed by atoms with E-state index in [-0.39, 0.29) is 5.92 Å². The molecule has 0 amide bonds. The van der Waals surface area contributed by atoms with E-state index in [4.69, 9.17) is 10.00 Å². The molecule has 0 saturated carbocycles. The van der Waals surface area contributed by atoms with Crippen molar-refractivity contribution in [2.45, 2.75) is 25.7 Å². The van der Waals surface area contributed by atoms with Crippen molar-refractivity contribution in [3.63, 3.8) is 0 Å². The molecule has 2 aliphatic heterocycles. The molecule has 0 aromatic heterocycles. The highest BCUT2D eigenvalue weighted by Gasteiger charge is 2.28. The Hall–Kier alpha value is -0.590. The van der Waals surface area contributed by atoms with E-state index < -0.39 is 0 Å². The quantitative estimate of drug-likeness (QED) is 0.749. The minimum absolute atomic E-state index is 0.286. The van der Waals surface area contributed by atoms with Crippen LogP contribution in [0.1, 0.15) is 25.7 Å². The Bertz CT molecular complexity index is 230. The molecule has 2 atom stereocenters. The van der Waals surface area contributed by atoms with Crippen LogP contribution in [-0.4, -0.2) is 26.3 Å². The zero-order chi connectivity index (χ0) is 10.5. The Balaban J connectivity index is 1.83. The first-order valence-corrected chi connectivity index (χ1v) is 6.08. The molecule has 3 heteroatoms. The number of hydrogen-bond acceptors (Lipinski definition) is 3. The first-order chi connectivity index (χ1) is 7.40. The van der Waals surface area contributed by atoms with E-state index in [1.54, 1.807) is 0 Å². The van der Waals surface area contributed by atoms with Crippen LogP contribution in [0.2, 0.25) is 0 Å². The third kappa shape index (κ3) is 2.93. The fourth-order valence-electron chi connectivity index (χ4n) is 2.75. The van der Waals surface area contributed by atoms with Crippen LogP contribution in [0.4, 0.5) is 0 Å². The van der Waals surface area contributed by atoms with E-state index in [1.807, 2.05) is 0 Å². The van der Waals surface area contributed by atoms with E-state index in [0.717, 1.165) is 38.6 Å². The Kier molecular flexibility index (Phi) is 3.99. The van der Waals surface area contributed by atoms with E-state index >= 15 is 0 Å². The molecule has 2 rings (SSSR count). The number of nitrogens with one attached hydrogen (secondary N) is 1. The van der Waals surface area contributed by atoms with Crippen molar-refractivity contribution >= 4 is 0 Å². The Morgan fingerprint density at radius 2 is 2.07 bits per heavy atom. The van der Waals surface area contributed by atoms with Crippen molar-refractivity contribution in [2.24, 2.45) is 17.8 Å². The summed E-state index contributed by atoms with van der Waals surface area (Å²) >= 11 is 0. The van der Waals surface area contributed by atoms with Crippen molar-refractivity contribution in [3.05, 3.63) is 0 Å². The summed E-state index contributed by atoms with van der Waals surface area (Å²) in [6, 6.07) is 2.47. The molecular formula is C12H20N2O. The predicted octanol–water partition coefficient (Wildman–Crippen LogP) is 1.55. The van der Waals surface area contributed by atoms with Gasteiger partial charge in [-0.05, 0) is 50.6 Å². The number of rotatable bonds is 2. The van der Waals surface area contributed by atoms with Gasteiger partial charge in [-0.2, -0.15) is 5.26 Å². The van der Waals surface area contributed by atoms with Crippen LogP contribution < -0.4 is 5.32 Å². The van der Waals surface area contributed by atoms with Gasteiger partial charge in [-0.15, -0.1) is 0 Å². The molecule has 0 aromatic rings. The van der Waals surface area contributed by atoms with Gasteiger partial charge in [0.1, 0.15) is 0 Å². The summed E-state index contributed by atoms with van der Waals surface area (Å²) in [7, 11) is 0. The molecule has 3 nitrogen and oxygen atoms in total. The van der Waals surface area contributed by atoms with Crippen molar-refractivity contribution in [1.29, 1.82) is 5.26 Å². The zero-order valence-corrected chi connectivity index (χ0v) is 9.24. The second-order valence-corrected chi connectivity index (χ2v) is 4.78. The molecule has 0 spiro atoms. The Morgan fingerprint density at radius 3 is 2.80 bits per heavy atom. The maximum atomic E-state index is 9.09. The van der Waals surface area contributed by atoms with Gasteiger partial charge in [0.15, 0.2) is 0 Å². The smallest absolute Gasteiger partial charge is 0.0659 e. The zero-order valence-electron chi connectivity index (χ0n) is 9.24. The van der Waals surface area contributed by atoms with Crippen LogP contribution in [-0.2, 0) is 4.74 Å². The number of nitrogens with zero attached hydrogens (tertiary/aromatic N) is 1. The molecule has 2 heterocycles. The molecule has 0 aliphatic carbocycles. The highest BCUT2D eigenvalue weighted by atomic mass is 16.5. The normalized spacial score (nSPS) is 33.5. The molecule has 0 radical (unpaired) electrons. The average Bonchev–Trinajstić information content (AvgIpc) is 2.31. The van der Waals surface area contributed by atoms with Crippen molar-refractivity contribution < 1.29 is 4.74 Å². The van der Waals surface area contributed by atoms with Gasteiger partial charge in [-0.3, -0.25) is 0 Å².